The van der Waals surface area contributed by atoms with Gasteiger partial charge in [-0.1, -0.05) is 53.4 Å². The fourth-order valence-electron chi connectivity index (χ4n) is 1.63. The van der Waals surface area contributed by atoms with Crippen LogP contribution in [-0.2, 0) is 14.8 Å². The average Bonchev–Trinajstić information content (AvgIpc) is 2.99. The van der Waals surface area contributed by atoms with Gasteiger partial charge < -0.3 is 0 Å². The molecular formula is C14H16N4O4S3. The number of hydrogen-bond donors (Lipinski definition) is 1. The lowest BCUT2D eigenvalue weighted by Crippen LogP contribution is -2.34. The molecule has 2 rings (SSSR count). The molecule has 0 bridgehead atoms. The number of benzene rings is 1. The van der Waals surface area contributed by atoms with E-state index in [9.17, 15) is 18.0 Å². The highest BCUT2D eigenvalue weighted by atomic mass is 32.2. The molecule has 1 N–H and O–H groups in total. The molecule has 1 aromatic heterocycles. The first kappa shape index (κ1) is 19.5. The number of hydrogen-bond acceptors (Lipinski definition) is 8. The van der Waals surface area contributed by atoms with Crippen LogP contribution in [0.5, 0.6) is 0 Å². The molecule has 0 spiro atoms. The minimum absolute atomic E-state index is 0.0267. The predicted molar refractivity (Wildman–Crippen MR) is 97.5 cm³/mol. The largest absolute Gasteiger partial charge is 0.299 e. The molecule has 1 amide bonds. The van der Waals surface area contributed by atoms with Gasteiger partial charge in [0.25, 0.3) is 0 Å². The van der Waals surface area contributed by atoms with Gasteiger partial charge in [-0.05, 0) is 0 Å². The summed E-state index contributed by atoms with van der Waals surface area (Å²) in [4.78, 5) is 23.8. The standard InChI is InChI=1S/C14H16N4O4S3/c1-18(25(2,21)22)8-12(20)15-13-16-17-14(24-13)23-9-11(19)10-6-4-3-5-7-10/h3-7H,8-9H2,1-2H3,(H,15,16,20). The monoisotopic (exact) mass is 400 g/mol. The highest BCUT2D eigenvalue weighted by Crippen LogP contribution is 2.26. The summed E-state index contributed by atoms with van der Waals surface area (Å²) in [6.07, 6.45) is 1.02. The lowest BCUT2D eigenvalue weighted by atomic mass is 10.2. The zero-order valence-electron chi connectivity index (χ0n) is 13.5. The maximum absolute atomic E-state index is 12.0. The number of Topliss-reactive ketones (excluding diaryl/α,β-unsaturated/α-hetero) is 1. The van der Waals surface area contributed by atoms with Gasteiger partial charge in [-0.2, -0.15) is 4.31 Å². The molecule has 0 saturated carbocycles. The van der Waals surface area contributed by atoms with Gasteiger partial charge in [-0.25, -0.2) is 8.42 Å². The summed E-state index contributed by atoms with van der Waals surface area (Å²) in [5.74, 6) is -0.328. The smallest absolute Gasteiger partial charge is 0.241 e. The molecule has 1 heterocycles. The molecule has 1 aromatic carbocycles. The van der Waals surface area contributed by atoms with Crippen LogP contribution in [-0.4, -0.2) is 60.2 Å². The van der Waals surface area contributed by atoms with Crippen molar-refractivity contribution in [3.05, 3.63) is 35.9 Å². The Morgan fingerprint density at radius 1 is 1.24 bits per heavy atom. The third-order valence-corrected chi connectivity index (χ3v) is 6.24. The van der Waals surface area contributed by atoms with Crippen LogP contribution in [0, 0.1) is 0 Å². The van der Waals surface area contributed by atoms with Gasteiger partial charge in [0, 0.05) is 12.6 Å². The van der Waals surface area contributed by atoms with E-state index >= 15 is 0 Å². The van der Waals surface area contributed by atoms with Crippen LogP contribution in [0.2, 0.25) is 0 Å². The second kappa shape index (κ2) is 8.52. The predicted octanol–water partition coefficient (Wildman–Crippen LogP) is 1.34. The fourth-order valence-corrected chi connectivity index (χ4v) is 3.65. The Kier molecular flexibility index (Phi) is 6.64. The van der Waals surface area contributed by atoms with Gasteiger partial charge in [0.15, 0.2) is 10.1 Å². The number of rotatable bonds is 8. The Bertz CT molecular complexity index is 852. The van der Waals surface area contributed by atoms with Crippen LogP contribution in [0.25, 0.3) is 0 Å². The quantitative estimate of drug-likeness (QED) is 0.404. The Morgan fingerprint density at radius 2 is 1.92 bits per heavy atom. The molecule has 8 nitrogen and oxygen atoms in total. The minimum atomic E-state index is -3.43. The van der Waals surface area contributed by atoms with Crippen LogP contribution in [0.4, 0.5) is 5.13 Å². The molecule has 0 aliphatic heterocycles. The molecule has 0 fully saturated rings. The number of thioether (sulfide) groups is 1. The van der Waals surface area contributed by atoms with Crippen molar-refractivity contribution in [1.29, 1.82) is 0 Å². The zero-order chi connectivity index (χ0) is 18.4. The van der Waals surface area contributed by atoms with Crippen molar-refractivity contribution in [2.45, 2.75) is 4.34 Å². The van der Waals surface area contributed by atoms with E-state index in [1.54, 1.807) is 24.3 Å². The highest BCUT2D eigenvalue weighted by molar-refractivity contribution is 8.01. The number of carbonyl (C=O) groups excluding carboxylic acids is 2. The summed E-state index contributed by atoms with van der Waals surface area (Å²) in [5.41, 5.74) is 0.622. The summed E-state index contributed by atoms with van der Waals surface area (Å²) in [5, 5.41) is 10.4. The molecule has 11 heteroatoms. The first-order valence-electron chi connectivity index (χ1n) is 7.01. The van der Waals surface area contributed by atoms with Gasteiger partial charge in [-0.15, -0.1) is 10.2 Å². The summed E-state index contributed by atoms with van der Waals surface area (Å²) >= 11 is 2.35. The molecule has 25 heavy (non-hydrogen) atoms. The molecule has 0 unspecified atom stereocenters. The van der Waals surface area contributed by atoms with E-state index in [1.807, 2.05) is 6.07 Å². The van der Waals surface area contributed by atoms with Gasteiger partial charge in [0.1, 0.15) is 0 Å². The summed E-state index contributed by atoms with van der Waals surface area (Å²) < 4.78 is 24.0. The third-order valence-electron chi connectivity index (χ3n) is 3.01. The first-order valence-corrected chi connectivity index (χ1v) is 10.7. The van der Waals surface area contributed by atoms with E-state index in [4.69, 9.17) is 0 Å². The first-order chi connectivity index (χ1) is 11.8. The van der Waals surface area contributed by atoms with Crippen LogP contribution >= 0.6 is 23.1 Å². The average molecular weight is 401 g/mol. The van der Waals surface area contributed by atoms with Crippen molar-refractivity contribution in [2.75, 3.05) is 30.9 Å². The summed E-state index contributed by atoms with van der Waals surface area (Å²) in [6.45, 7) is -0.312. The molecule has 0 aliphatic carbocycles. The Balaban J connectivity index is 1.86. The summed E-state index contributed by atoms with van der Waals surface area (Å²) in [7, 11) is -2.12. The van der Waals surface area contributed by atoms with Crippen LogP contribution in [0.1, 0.15) is 10.4 Å². The maximum Gasteiger partial charge on any atom is 0.241 e. The molecular weight excluding hydrogens is 384 g/mol. The number of nitrogens with one attached hydrogen (secondary N) is 1. The Hall–Kier alpha value is -1.82. The third kappa shape index (κ3) is 6.20. The molecule has 0 aliphatic rings. The lowest BCUT2D eigenvalue weighted by Gasteiger charge is -2.12. The van der Waals surface area contributed by atoms with Crippen molar-refractivity contribution in [1.82, 2.24) is 14.5 Å². The minimum Gasteiger partial charge on any atom is -0.299 e. The highest BCUT2D eigenvalue weighted by Gasteiger charge is 2.17. The van der Waals surface area contributed by atoms with Crippen molar-refractivity contribution in [3.8, 4) is 0 Å². The molecule has 0 atom stereocenters. The van der Waals surface area contributed by atoms with E-state index in [1.165, 1.54) is 18.8 Å². The second-order valence-electron chi connectivity index (χ2n) is 5.02. The molecule has 2 aromatic rings. The SMILES string of the molecule is CN(CC(=O)Nc1nnc(SCC(=O)c2ccccc2)s1)S(C)(=O)=O. The van der Waals surface area contributed by atoms with Crippen molar-refractivity contribution >= 4 is 49.9 Å². The van der Waals surface area contributed by atoms with Gasteiger partial charge in [-0.3, -0.25) is 14.9 Å². The van der Waals surface area contributed by atoms with E-state index < -0.39 is 15.9 Å². The number of aromatic nitrogens is 2. The second-order valence-corrected chi connectivity index (χ2v) is 9.31. The van der Waals surface area contributed by atoms with E-state index in [0.29, 0.717) is 9.90 Å². The van der Waals surface area contributed by atoms with E-state index in [-0.39, 0.29) is 23.2 Å². The van der Waals surface area contributed by atoms with Gasteiger partial charge in [0.05, 0.1) is 18.6 Å². The maximum atomic E-state index is 12.0. The molecule has 0 saturated heterocycles. The van der Waals surface area contributed by atoms with E-state index in [2.05, 4.69) is 15.5 Å². The van der Waals surface area contributed by atoms with Gasteiger partial charge in [0.2, 0.25) is 21.1 Å². The number of ketones is 1. The number of carbonyl (C=O) groups is 2. The Morgan fingerprint density at radius 3 is 2.56 bits per heavy atom. The lowest BCUT2D eigenvalue weighted by molar-refractivity contribution is -0.116. The molecule has 0 radical (unpaired) electrons. The molecule has 134 valence electrons. The number of likely N-dealkylation sites (N-methyl/N-ethyl adjacent to an activating group) is 1. The fraction of sp³-hybridized carbons (Fsp3) is 0.286. The Labute approximate surface area is 153 Å². The number of anilines is 1. The number of nitrogens with zero attached hydrogens (tertiary/aromatic N) is 3. The van der Waals surface area contributed by atoms with Crippen LogP contribution in [0.15, 0.2) is 34.7 Å². The number of sulfonamides is 1. The summed E-state index contributed by atoms with van der Waals surface area (Å²) in [6, 6.07) is 8.92. The topological polar surface area (TPSA) is 109 Å². The van der Waals surface area contributed by atoms with Gasteiger partial charge >= 0.3 is 0 Å². The van der Waals surface area contributed by atoms with Crippen molar-refractivity contribution in [2.24, 2.45) is 0 Å². The zero-order valence-corrected chi connectivity index (χ0v) is 15.9. The van der Waals surface area contributed by atoms with Crippen molar-refractivity contribution in [3.63, 3.8) is 0 Å². The van der Waals surface area contributed by atoms with Crippen LogP contribution in [0.3, 0.4) is 0 Å². The van der Waals surface area contributed by atoms with Crippen LogP contribution < -0.4 is 5.32 Å². The number of amides is 1. The van der Waals surface area contributed by atoms with Crippen molar-refractivity contribution < 1.29 is 18.0 Å². The normalized spacial score (nSPS) is 11.5. The van der Waals surface area contributed by atoms with E-state index in [0.717, 1.165) is 21.9 Å².